The first-order chi connectivity index (χ1) is 11.1. The normalized spacial score (nSPS) is 10.7. The van der Waals surface area contributed by atoms with E-state index in [0.29, 0.717) is 27.7 Å². The quantitative estimate of drug-likeness (QED) is 0.420. The standard InChI is InChI=1S/C17H14O6/c1-20-9-4-5-11-12(6-9)15-13(16(18)22-3)7-10(21-2)8-14(15)23-17(11)19/h4-8H,1-3H3. The van der Waals surface area contributed by atoms with Gasteiger partial charge >= 0.3 is 11.6 Å². The summed E-state index contributed by atoms with van der Waals surface area (Å²) in [5, 5.41) is 1.39. The summed E-state index contributed by atoms with van der Waals surface area (Å²) in [4.78, 5) is 24.3. The van der Waals surface area contributed by atoms with Crippen molar-refractivity contribution < 1.29 is 23.4 Å². The Morgan fingerprint density at radius 2 is 1.70 bits per heavy atom. The second-order valence-electron chi connectivity index (χ2n) is 4.84. The van der Waals surface area contributed by atoms with E-state index in [0.717, 1.165) is 0 Å². The maximum Gasteiger partial charge on any atom is 0.344 e. The zero-order valence-electron chi connectivity index (χ0n) is 12.8. The van der Waals surface area contributed by atoms with Crippen LogP contribution in [-0.4, -0.2) is 27.3 Å². The van der Waals surface area contributed by atoms with Gasteiger partial charge in [0, 0.05) is 16.8 Å². The van der Waals surface area contributed by atoms with E-state index < -0.39 is 11.6 Å². The van der Waals surface area contributed by atoms with E-state index in [1.165, 1.54) is 21.3 Å². The Kier molecular flexibility index (Phi) is 3.65. The van der Waals surface area contributed by atoms with Crippen LogP contribution >= 0.6 is 0 Å². The van der Waals surface area contributed by atoms with Gasteiger partial charge in [0.2, 0.25) is 0 Å². The first kappa shape index (κ1) is 14.9. The van der Waals surface area contributed by atoms with Gasteiger partial charge in [0.15, 0.2) is 0 Å². The van der Waals surface area contributed by atoms with Crippen molar-refractivity contribution in [3.63, 3.8) is 0 Å². The molecule has 0 amide bonds. The number of esters is 1. The number of hydrogen-bond donors (Lipinski definition) is 0. The van der Waals surface area contributed by atoms with Crippen LogP contribution in [0.25, 0.3) is 21.7 Å². The predicted molar refractivity (Wildman–Crippen MR) is 84.4 cm³/mol. The average molecular weight is 314 g/mol. The summed E-state index contributed by atoms with van der Waals surface area (Å²) in [6, 6.07) is 8.06. The molecule has 0 aliphatic heterocycles. The molecule has 3 rings (SSSR count). The van der Waals surface area contributed by atoms with E-state index in [4.69, 9.17) is 18.6 Å². The number of methoxy groups -OCH3 is 3. The minimum absolute atomic E-state index is 0.246. The molecular weight excluding hydrogens is 300 g/mol. The third-order valence-electron chi connectivity index (χ3n) is 3.64. The zero-order chi connectivity index (χ0) is 16.6. The van der Waals surface area contributed by atoms with Crippen LogP contribution in [0.1, 0.15) is 10.4 Å². The monoisotopic (exact) mass is 314 g/mol. The summed E-state index contributed by atoms with van der Waals surface area (Å²) >= 11 is 0. The smallest absolute Gasteiger partial charge is 0.344 e. The molecule has 0 saturated carbocycles. The highest BCUT2D eigenvalue weighted by atomic mass is 16.5. The lowest BCUT2D eigenvalue weighted by atomic mass is 10.0. The molecule has 3 aromatic rings. The molecule has 1 aromatic heterocycles. The van der Waals surface area contributed by atoms with Crippen molar-refractivity contribution in [1.82, 2.24) is 0 Å². The third kappa shape index (κ3) is 2.38. The summed E-state index contributed by atoms with van der Waals surface area (Å²) in [5.74, 6) is 0.409. The van der Waals surface area contributed by atoms with Gasteiger partial charge in [-0.05, 0) is 24.3 Å². The maximum absolute atomic E-state index is 12.2. The molecule has 0 saturated heterocycles. The summed E-state index contributed by atoms with van der Waals surface area (Å²) in [6.07, 6.45) is 0. The molecule has 0 unspecified atom stereocenters. The number of hydrogen-bond acceptors (Lipinski definition) is 6. The Hall–Kier alpha value is -3.02. The highest BCUT2D eigenvalue weighted by Crippen LogP contribution is 2.32. The molecular formula is C17H14O6. The van der Waals surface area contributed by atoms with E-state index in [9.17, 15) is 9.59 Å². The number of carbonyl (C=O) groups is 1. The number of rotatable bonds is 3. The van der Waals surface area contributed by atoms with E-state index in [2.05, 4.69) is 0 Å². The van der Waals surface area contributed by atoms with Gasteiger partial charge in [0.1, 0.15) is 17.1 Å². The summed E-state index contributed by atoms with van der Waals surface area (Å²) in [6.45, 7) is 0. The molecule has 0 bridgehead atoms. The highest BCUT2D eigenvalue weighted by Gasteiger charge is 2.19. The van der Waals surface area contributed by atoms with Crippen molar-refractivity contribution in [3.8, 4) is 11.5 Å². The second kappa shape index (κ2) is 5.64. The molecule has 6 heteroatoms. The van der Waals surface area contributed by atoms with E-state index in [1.54, 1.807) is 30.3 Å². The van der Waals surface area contributed by atoms with Gasteiger partial charge in [-0.3, -0.25) is 0 Å². The molecule has 0 atom stereocenters. The molecule has 0 fully saturated rings. The van der Waals surface area contributed by atoms with Crippen LogP contribution in [0.15, 0.2) is 39.5 Å². The van der Waals surface area contributed by atoms with Crippen LogP contribution in [0.2, 0.25) is 0 Å². The topological polar surface area (TPSA) is 75.0 Å². The van der Waals surface area contributed by atoms with Crippen molar-refractivity contribution in [2.45, 2.75) is 0 Å². The van der Waals surface area contributed by atoms with Gasteiger partial charge in [-0.15, -0.1) is 0 Å². The summed E-state index contributed by atoms with van der Waals surface area (Å²) < 4.78 is 20.5. The summed E-state index contributed by atoms with van der Waals surface area (Å²) in [7, 11) is 4.28. The molecule has 6 nitrogen and oxygen atoms in total. The lowest BCUT2D eigenvalue weighted by Gasteiger charge is -2.10. The largest absolute Gasteiger partial charge is 0.497 e. The highest BCUT2D eigenvalue weighted by molar-refractivity contribution is 6.15. The molecule has 23 heavy (non-hydrogen) atoms. The fraction of sp³-hybridized carbons (Fsp3) is 0.176. The average Bonchev–Trinajstić information content (AvgIpc) is 2.59. The fourth-order valence-electron chi connectivity index (χ4n) is 2.53. The lowest BCUT2D eigenvalue weighted by molar-refractivity contribution is 0.0602. The van der Waals surface area contributed by atoms with Crippen LogP contribution in [0.3, 0.4) is 0 Å². The Morgan fingerprint density at radius 1 is 0.957 bits per heavy atom. The minimum atomic E-state index is -0.549. The van der Waals surface area contributed by atoms with E-state index in [-0.39, 0.29) is 11.1 Å². The number of ether oxygens (including phenoxy) is 3. The lowest BCUT2D eigenvalue weighted by Crippen LogP contribution is -2.06. The van der Waals surface area contributed by atoms with Crippen LogP contribution < -0.4 is 15.1 Å². The van der Waals surface area contributed by atoms with Gasteiger partial charge in [-0.2, -0.15) is 0 Å². The number of fused-ring (bicyclic) bond motifs is 3. The van der Waals surface area contributed by atoms with Gasteiger partial charge in [-0.1, -0.05) is 0 Å². The van der Waals surface area contributed by atoms with Crippen molar-refractivity contribution in [2.75, 3.05) is 21.3 Å². The molecule has 2 aromatic carbocycles. The first-order valence-corrected chi connectivity index (χ1v) is 6.80. The molecule has 0 radical (unpaired) electrons. The Balaban J connectivity index is 2.55. The molecule has 0 spiro atoms. The number of benzene rings is 2. The summed E-state index contributed by atoms with van der Waals surface area (Å²) in [5.41, 5.74) is -0.00132. The maximum atomic E-state index is 12.2. The predicted octanol–water partition coefficient (Wildman–Crippen LogP) is 2.75. The van der Waals surface area contributed by atoms with Crippen molar-refractivity contribution in [1.29, 1.82) is 0 Å². The SMILES string of the molecule is COC(=O)c1cc(OC)cc2oc(=O)c3ccc(OC)cc3c12. The van der Waals surface area contributed by atoms with Gasteiger partial charge in [-0.25, -0.2) is 9.59 Å². The van der Waals surface area contributed by atoms with Crippen molar-refractivity contribution in [2.24, 2.45) is 0 Å². The van der Waals surface area contributed by atoms with Gasteiger partial charge in [0.25, 0.3) is 0 Å². The van der Waals surface area contributed by atoms with Crippen LogP contribution in [0, 0.1) is 0 Å². The zero-order valence-corrected chi connectivity index (χ0v) is 12.8. The second-order valence-corrected chi connectivity index (χ2v) is 4.84. The molecule has 0 aliphatic carbocycles. The Labute approximate surface area is 131 Å². The molecule has 0 aliphatic rings. The first-order valence-electron chi connectivity index (χ1n) is 6.80. The van der Waals surface area contributed by atoms with Crippen LogP contribution in [-0.2, 0) is 4.74 Å². The molecule has 1 heterocycles. The molecule has 0 N–H and O–H groups in total. The van der Waals surface area contributed by atoms with Crippen LogP contribution in [0.5, 0.6) is 11.5 Å². The van der Waals surface area contributed by atoms with E-state index >= 15 is 0 Å². The van der Waals surface area contributed by atoms with Gasteiger partial charge in [0.05, 0.1) is 32.3 Å². The third-order valence-corrected chi connectivity index (χ3v) is 3.64. The van der Waals surface area contributed by atoms with Crippen LogP contribution in [0.4, 0.5) is 0 Å². The van der Waals surface area contributed by atoms with E-state index in [1.807, 2.05) is 0 Å². The number of carbonyl (C=O) groups excluding carboxylic acids is 1. The minimum Gasteiger partial charge on any atom is -0.497 e. The molecule has 118 valence electrons. The Bertz CT molecular complexity index is 970. The van der Waals surface area contributed by atoms with Gasteiger partial charge < -0.3 is 18.6 Å². The Morgan fingerprint density at radius 3 is 2.35 bits per heavy atom. The fourth-order valence-corrected chi connectivity index (χ4v) is 2.53. The van der Waals surface area contributed by atoms with Crippen molar-refractivity contribution in [3.05, 3.63) is 46.3 Å². The van der Waals surface area contributed by atoms with Crippen molar-refractivity contribution >= 4 is 27.7 Å².